The number of nitrogens with one attached hydrogen (secondary N) is 1. The Morgan fingerprint density at radius 3 is 2.55 bits per heavy atom. The summed E-state index contributed by atoms with van der Waals surface area (Å²) in [4.78, 5) is 26.6. The number of carbonyl (C=O) groups excluding carboxylic acids is 1. The van der Waals surface area contributed by atoms with Crippen molar-refractivity contribution in [2.45, 2.75) is 52.7 Å². The molecule has 0 bridgehead atoms. The maximum Gasteiger partial charge on any atom is 0.290 e. The van der Waals surface area contributed by atoms with Gasteiger partial charge in [-0.2, -0.15) is 5.10 Å². The van der Waals surface area contributed by atoms with Gasteiger partial charge in [0.25, 0.3) is 6.47 Å². The van der Waals surface area contributed by atoms with Crippen LogP contribution in [0.4, 0.5) is 0 Å². The molecule has 0 fully saturated rings. The average molecular weight is 313 g/mol. The van der Waals surface area contributed by atoms with E-state index in [0.717, 1.165) is 18.8 Å². The van der Waals surface area contributed by atoms with Crippen LogP contribution in [0.5, 0.6) is 0 Å². The van der Waals surface area contributed by atoms with Crippen molar-refractivity contribution in [3.8, 4) is 0 Å². The molecule has 0 aliphatic heterocycles. The van der Waals surface area contributed by atoms with Crippen LogP contribution >= 0.6 is 0 Å². The number of rotatable bonds is 7. The van der Waals surface area contributed by atoms with E-state index in [1.165, 1.54) is 6.33 Å². The third-order valence-electron chi connectivity index (χ3n) is 3.27. The standard InChI is InChI=1S/C13H25N5O.CH2O2/c1-6-11(13-14-9-15-18(13)7-2)16-12(19)8-17(5)10(3)4;2-1-3/h9-11H,6-8H2,1-5H3,(H,16,19);1H,(H,2,3). The van der Waals surface area contributed by atoms with Gasteiger partial charge in [-0.15, -0.1) is 0 Å². The molecule has 0 saturated heterocycles. The molecule has 1 aromatic rings. The van der Waals surface area contributed by atoms with Crippen molar-refractivity contribution in [2.75, 3.05) is 13.6 Å². The van der Waals surface area contributed by atoms with Crippen LogP contribution in [0.25, 0.3) is 0 Å². The molecular formula is C14H27N5O3. The van der Waals surface area contributed by atoms with Gasteiger partial charge in [-0.05, 0) is 34.2 Å². The maximum atomic E-state index is 12.0. The van der Waals surface area contributed by atoms with Crippen molar-refractivity contribution in [1.29, 1.82) is 0 Å². The molecule has 1 amide bonds. The highest BCUT2D eigenvalue weighted by Gasteiger charge is 2.19. The summed E-state index contributed by atoms with van der Waals surface area (Å²) < 4.78 is 1.82. The van der Waals surface area contributed by atoms with Crippen LogP contribution < -0.4 is 5.32 Å². The Morgan fingerprint density at radius 2 is 2.09 bits per heavy atom. The molecule has 0 aliphatic rings. The first-order valence-electron chi connectivity index (χ1n) is 7.36. The summed E-state index contributed by atoms with van der Waals surface area (Å²) in [6.45, 7) is 9.09. The van der Waals surface area contributed by atoms with Crippen LogP contribution in [0.2, 0.25) is 0 Å². The van der Waals surface area contributed by atoms with E-state index in [1.54, 1.807) is 0 Å². The third kappa shape index (κ3) is 6.66. The van der Waals surface area contributed by atoms with E-state index in [2.05, 4.69) is 29.2 Å². The number of aryl methyl sites for hydroxylation is 1. The topological polar surface area (TPSA) is 100 Å². The maximum absolute atomic E-state index is 12.0. The van der Waals surface area contributed by atoms with E-state index >= 15 is 0 Å². The molecule has 1 unspecified atom stereocenters. The van der Waals surface area contributed by atoms with Gasteiger partial charge in [0.05, 0.1) is 12.6 Å². The molecule has 1 heterocycles. The quantitative estimate of drug-likeness (QED) is 0.726. The van der Waals surface area contributed by atoms with E-state index in [0.29, 0.717) is 12.6 Å². The Bertz CT molecular complexity index is 447. The van der Waals surface area contributed by atoms with Gasteiger partial charge in [-0.1, -0.05) is 6.92 Å². The second-order valence-electron chi connectivity index (χ2n) is 5.08. The predicted molar refractivity (Wildman–Crippen MR) is 83.3 cm³/mol. The largest absolute Gasteiger partial charge is 0.483 e. The highest BCUT2D eigenvalue weighted by atomic mass is 16.3. The zero-order valence-corrected chi connectivity index (χ0v) is 14.0. The first kappa shape index (κ1) is 20.0. The van der Waals surface area contributed by atoms with Crippen LogP contribution in [0.1, 0.15) is 46.0 Å². The fourth-order valence-corrected chi connectivity index (χ4v) is 1.78. The van der Waals surface area contributed by atoms with Crippen molar-refractivity contribution in [3.63, 3.8) is 0 Å². The number of carboxylic acid groups (broad SMARTS) is 1. The summed E-state index contributed by atoms with van der Waals surface area (Å²) in [6, 6.07) is 0.278. The van der Waals surface area contributed by atoms with Crippen molar-refractivity contribution < 1.29 is 14.7 Å². The van der Waals surface area contributed by atoms with Crippen LogP contribution in [-0.4, -0.2) is 56.8 Å². The van der Waals surface area contributed by atoms with Crippen LogP contribution in [0.3, 0.4) is 0 Å². The van der Waals surface area contributed by atoms with Gasteiger partial charge in [0.1, 0.15) is 12.2 Å². The Labute approximate surface area is 131 Å². The Morgan fingerprint density at radius 1 is 1.50 bits per heavy atom. The monoisotopic (exact) mass is 313 g/mol. The van der Waals surface area contributed by atoms with Gasteiger partial charge in [0.2, 0.25) is 5.91 Å². The van der Waals surface area contributed by atoms with Gasteiger partial charge in [-0.25, -0.2) is 9.67 Å². The average Bonchev–Trinajstić information content (AvgIpc) is 2.93. The number of likely N-dealkylation sites (N-methyl/N-ethyl adjacent to an activating group) is 1. The zero-order chi connectivity index (χ0) is 17.1. The molecule has 22 heavy (non-hydrogen) atoms. The Balaban J connectivity index is 0.00000135. The zero-order valence-electron chi connectivity index (χ0n) is 14.0. The molecule has 0 radical (unpaired) electrons. The van der Waals surface area contributed by atoms with Crippen LogP contribution in [-0.2, 0) is 16.1 Å². The van der Waals surface area contributed by atoms with Crippen LogP contribution in [0, 0.1) is 0 Å². The van der Waals surface area contributed by atoms with Crippen molar-refractivity contribution in [1.82, 2.24) is 25.0 Å². The first-order chi connectivity index (χ1) is 10.4. The van der Waals surface area contributed by atoms with Crippen molar-refractivity contribution in [2.24, 2.45) is 0 Å². The molecule has 1 rings (SSSR count). The molecule has 8 nitrogen and oxygen atoms in total. The molecule has 1 aromatic heterocycles. The molecule has 0 saturated carbocycles. The lowest BCUT2D eigenvalue weighted by Gasteiger charge is -2.22. The lowest BCUT2D eigenvalue weighted by molar-refractivity contribution is -0.123. The third-order valence-corrected chi connectivity index (χ3v) is 3.27. The highest BCUT2D eigenvalue weighted by Crippen LogP contribution is 2.13. The van der Waals surface area contributed by atoms with Crippen molar-refractivity contribution >= 4 is 12.4 Å². The van der Waals surface area contributed by atoms with Gasteiger partial charge in [0.15, 0.2) is 0 Å². The van der Waals surface area contributed by atoms with Gasteiger partial charge < -0.3 is 10.4 Å². The number of aromatic nitrogens is 3. The first-order valence-corrected chi connectivity index (χ1v) is 7.36. The fourth-order valence-electron chi connectivity index (χ4n) is 1.78. The number of amides is 1. The summed E-state index contributed by atoms with van der Waals surface area (Å²) >= 11 is 0. The molecule has 2 N–H and O–H groups in total. The van der Waals surface area contributed by atoms with E-state index in [1.807, 2.05) is 30.5 Å². The minimum absolute atomic E-state index is 0.0219. The predicted octanol–water partition coefficient (Wildman–Crippen LogP) is 0.906. The Kier molecular flexibility index (Phi) is 9.77. The minimum atomic E-state index is -0.250. The van der Waals surface area contributed by atoms with Crippen LogP contribution in [0.15, 0.2) is 6.33 Å². The summed E-state index contributed by atoms with van der Waals surface area (Å²) in [5.74, 6) is 0.847. The van der Waals surface area contributed by atoms with E-state index in [4.69, 9.17) is 9.90 Å². The SMILES string of the molecule is CCC(NC(=O)CN(C)C(C)C)c1ncnn1CC.O=CO. The molecule has 8 heteroatoms. The molecule has 0 aliphatic carbocycles. The van der Waals surface area contributed by atoms with Gasteiger partial charge >= 0.3 is 0 Å². The second-order valence-corrected chi connectivity index (χ2v) is 5.08. The smallest absolute Gasteiger partial charge is 0.290 e. The molecule has 0 aromatic carbocycles. The summed E-state index contributed by atoms with van der Waals surface area (Å²) in [6.07, 6.45) is 2.34. The van der Waals surface area contributed by atoms with E-state index in [9.17, 15) is 4.79 Å². The molecule has 0 spiro atoms. The highest BCUT2D eigenvalue weighted by molar-refractivity contribution is 5.78. The van der Waals surface area contributed by atoms with E-state index < -0.39 is 0 Å². The van der Waals surface area contributed by atoms with E-state index in [-0.39, 0.29) is 18.4 Å². The normalized spacial score (nSPS) is 11.8. The number of nitrogens with zero attached hydrogens (tertiary/aromatic N) is 4. The second kappa shape index (κ2) is 10.7. The minimum Gasteiger partial charge on any atom is -0.483 e. The number of hydrogen-bond donors (Lipinski definition) is 2. The molecule has 126 valence electrons. The summed E-state index contributed by atoms with van der Waals surface area (Å²) in [7, 11) is 1.94. The number of carbonyl (C=O) groups is 2. The van der Waals surface area contributed by atoms with Gasteiger partial charge in [0, 0.05) is 12.6 Å². The van der Waals surface area contributed by atoms with Gasteiger partial charge in [-0.3, -0.25) is 14.5 Å². The lowest BCUT2D eigenvalue weighted by atomic mass is 10.2. The fraction of sp³-hybridized carbons (Fsp3) is 0.714. The summed E-state index contributed by atoms with van der Waals surface area (Å²) in [5, 5.41) is 14.1. The Hall–Kier alpha value is -1.96. The number of hydrogen-bond acceptors (Lipinski definition) is 5. The molecule has 1 atom stereocenters. The molecular weight excluding hydrogens is 286 g/mol. The lowest BCUT2D eigenvalue weighted by Crippen LogP contribution is -2.40. The summed E-state index contributed by atoms with van der Waals surface area (Å²) in [5.41, 5.74) is 0. The van der Waals surface area contributed by atoms with Crippen molar-refractivity contribution in [3.05, 3.63) is 12.2 Å².